The lowest BCUT2D eigenvalue weighted by Crippen LogP contribution is -2.55. The highest BCUT2D eigenvalue weighted by Gasteiger charge is 2.33. The Morgan fingerprint density at radius 3 is 2.69 bits per heavy atom. The van der Waals surface area contributed by atoms with E-state index in [-0.39, 0.29) is 17.6 Å². The van der Waals surface area contributed by atoms with Crippen molar-refractivity contribution in [1.82, 2.24) is 10.2 Å². The average molecular weight is 225 g/mol. The van der Waals surface area contributed by atoms with Crippen LogP contribution in [0.2, 0.25) is 0 Å². The number of carbonyl (C=O) groups excluding carboxylic acids is 1. The molecule has 0 aromatic carbocycles. The van der Waals surface area contributed by atoms with Crippen LogP contribution < -0.4 is 11.1 Å². The highest BCUT2D eigenvalue weighted by molar-refractivity contribution is 5.75. The van der Waals surface area contributed by atoms with Gasteiger partial charge in [0.1, 0.15) is 0 Å². The molecule has 2 unspecified atom stereocenters. The van der Waals surface area contributed by atoms with Crippen LogP contribution in [0.3, 0.4) is 0 Å². The molecular formula is C12H23N3O. The van der Waals surface area contributed by atoms with Gasteiger partial charge in [-0.15, -0.1) is 0 Å². The van der Waals surface area contributed by atoms with Crippen LogP contribution in [0.15, 0.2) is 0 Å². The predicted octanol–water partition coefficient (Wildman–Crippen LogP) is 1.45. The normalized spacial score (nSPS) is 35.1. The Bertz CT molecular complexity index is 263. The number of nitrogens with zero attached hydrogens (tertiary/aromatic N) is 1. The van der Waals surface area contributed by atoms with Crippen molar-refractivity contribution in [2.45, 2.75) is 57.0 Å². The predicted molar refractivity (Wildman–Crippen MR) is 64.2 cm³/mol. The molecule has 0 radical (unpaired) electrons. The first kappa shape index (κ1) is 11.7. The van der Waals surface area contributed by atoms with Gasteiger partial charge in [-0.25, -0.2) is 4.79 Å². The Hall–Kier alpha value is -0.770. The van der Waals surface area contributed by atoms with Gasteiger partial charge < -0.3 is 16.0 Å². The quantitative estimate of drug-likeness (QED) is 0.709. The third-order valence-corrected chi connectivity index (χ3v) is 3.82. The molecule has 1 saturated heterocycles. The second kappa shape index (κ2) is 4.62. The van der Waals surface area contributed by atoms with Crippen molar-refractivity contribution < 1.29 is 4.79 Å². The van der Waals surface area contributed by atoms with Crippen molar-refractivity contribution in [2.24, 2.45) is 5.73 Å². The minimum atomic E-state index is -0.0860. The number of rotatable bonds is 1. The maximum Gasteiger partial charge on any atom is 0.317 e. The number of likely N-dealkylation sites (tertiary alicyclic amines) is 1. The van der Waals surface area contributed by atoms with E-state index >= 15 is 0 Å². The van der Waals surface area contributed by atoms with Gasteiger partial charge in [-0.3, -0.25) is 0 Å². The van der Waals surface area contributed by atoms with Gasteiger partial charge in [-0.2, -0.15) is 0 Å². The van der Waals surface area contributed by atoms with Gasteiger partial charge in [0.05, 0.1) is 0 Å². The van der Waals surface area contributed by atoms with Crippen LogP contribution >= 0.6 is 0 Å². The molecule has 2 rings (SSSR count). The highest BCUT2D eigenvalue weighted by atomic mass is 16.2. The lowest BCUT2D eigenvalue weighted by molar-refractivity contribution is 0.178. The first-order chi connectivity index (χ1) is 7.59. The molecular weight excluding hydrogens is 202 g/mol. The van der Waals surface area contributed by atoms with Crippen LogP contribution in [0.4, 0.5) is 4.79 Å². The molecule has 0 aromatic rings. The van der Waals surface area contributed by atoms with Crippen molar-refractivity contribution >= 4 is 6.03 Å². The molecule has 2 fully saturated rings. The smallest absolute Gasteiger partial charge is 0.317 e. The van der Waals surface area contributed by atoms with E-state index in [1.165, 1.54) is 0 Å². The molecule has 4 heteroatoms. The summed E-state index contributed by atoms with van der Waals surface area (Å²) in [5, 5.41) is 3.17. The maximum atomic E-state index is 12.0. The fourth-order valence-corrected chi connectivity index (χ4v) is 2.91. The minimum absolute atomic E-state index is 0.0860. The summed E-state index contributed by atoms with van der Waals surface area (Å²) in [7, 11) is 0. The van der Waals surface area contributed by atoms with Gasteiger partial charge in [0, 0.05) is 24.7 Å². The summed E-state index contributed by atoms with van der Waals surface area (Å²) in [6.07, 6.45) is 6.47. The molecule has 1 aliphatic carbocycles. The topological polar surface area (TPSA) is 58.4 Å². The number of hydrogen-bond acceptors (Lipinski definition) is 2. The molecule has 2 aliphatic rings. The van der Waals surface area contributed by atoms with Crippen LogP contribution in [-0.2, 0) is 0 Å². The fraction of sp³-hybridized carbons (Fsp3) is 0.917. The van der Waals surface area contributed by atoms with E-state index < -0.39 is 0 Å². The zero-order valence-corrected chi connectivity index (χ0v) is 10.2. The number of hydrogen-bond donors (Lipinski definition) is 2. The highest BCUT2D eigenvalue weighted by Crippen LogP contribution is 2.27. The number of amides is 2. The third-order valence-electron chi connectivity index (χ3n) is 3.82. The molecule has 16 heavy (non-hydrogen) atoms. The summed E-state index contributed by atoms with van der Waals surface area (Å²) in [6, 6.07) is 0.353. The van der Waals surface area contributed by atoms with Crippen molar-refractivity contribution in [1.29, 1.82) is 0 Å². The lowest BCUT2D eigenvalue weighted by atomic mass is 9.81. The van der Waals surface area contributed by atoms with Gasteiger partial charge in [0.25, 0.3) is 0 Å². The number of urea groups is 1. The third kappa shape index (κ3) is 2.67. The SMILES string of the molecule is CC1(NC(=O)N2CCCC2)CCCC(N)C1. The molecule has 1 aliphatic heterocycles. The number of nitrogens with one attached hydrogen (secondary N) is 1. The molecule has 1 saturated carbocycles. The Balaban J connectivity index is 1.89. The summed E-state index contributed by atoms with van der Waals surface area (Å²) in [6.45, 7) is 3.95. The van der Waals surface area contributed by atoms with E-state index in [4.69, 9.17) is 5.73 Å². The maximum absolute atomic E-state index is 12.0. The second-order valence-corrected chi connectivity index (χ2v) is 5.54. The average Bonchev–Trinajstić information content (AvgIpc) is 2.68. The van der Waals surface area contributed by atoms with Gasteiger partial charge in [-0.05, 0) is 45.4 Å². The summed E-state index contributed by atoms with van der Waals surface area (Å²) in [5.74, 6) is 0. The van der Waals surface area contributed by atoms with E-state index in [2.05, 4.69) is 12.2 Å². The van der Waals surface area contributed by atoms with Crippen molar-refractivity contribution in [3.05, 3.63) is 0 Å². The van der Waals surface area contributed by atoms with Crippen LogP contribution in [0.25, 0.3) is 0 Å². The molecule has 2 amide bonds. The zero-order chi connectivity index (χ0) is 11.6. The van der Waals surface area contributed by atoms with E-state index in [1.807, 2.05) is 4.90 Å². The van der Waals surface area contributed by atoms with E-state index in [0.717, 1.165) is 51.6 Å². The van der Waals surface area contributed by atoms with E-state index in [1.54, 1.807) is 0 Å². The monoisotopic (exact) mass is 225 g/mol. The first-order valence-electron chi connectivity index (χ1n) is 6.42. The van der Waals surface area contributed by atoms with Crippen molar-refractivity contribution in [3.8, 4) is 0 Å². The van der Waals surface area contributed by atoms with Crippen LogP contribution in [0, 0.1) is 0 Å². The largest absolute Gasteiger partial charge is 0.333 e. The molecule has 0 spiro atoms. The number of carbonyl (C=O) groups is 1. The molecule has 4 nitrogen and oxygen atoms in total. The Morgan fingerprint density at radius 2 is 2.06 bits per heavy atom. The van der Waals surface area contributed by atoms with E-state index in [9.17, 15) is 4.79 Å². The van der Waals surface area contributed by atoms with Gasteiger partial charge in [-0.1, -0.05) is 0 Å². The Morgan fingerprint density at radius 1 is 1.38 bits per heavy atom. The van der Waals surface area contributed by atoms with Crippen LogP contribution in [0.1, 0.15) is 45.4 Å². The number of nitrogens with two attached hydrogens (primary N) is 1. The molecule has 0 aromatic heterocycles. The van der Waals surface area contributed by atoms with Crippen molar-refractivity contribution in [2.75, 3.05) is 13.1 Å². The fourth-order valence-electron chi connectivity index (χ4n) is 2.91. The molecule has 2 atom stereocenters. The molecule has 3 N–H and O–H groups in total. The Labute approximate surface area is 97.6 Å². The zero-order valence-electron chi connectivity index (χ0n) is 10.2. The summed E-state index contributed by atoms with van der Waals surface area (Å²) < 4.78 is 0. The van der Waals surface area contributed by atoms with Crippen LogP contribution in [-0.4, -0.2) is 35.6 Å². The van der Waals surface area contributed by atoms with Gasteiger partial charge in [0.2, 0.25) is 0 Å². The lowest BCUT2D eigenvalue weighted by Gasteiger charge is -2.38. The molecule has 92 valence electrons. The Kier molecular flexibility index (Phi) is 3.38. The van der Waals surface area contributed by atoms with Crippen LogP contribution in [0.5, 0.6) is 0 Å². The van der Waals surface area contributed by atoms with Gasteiger partial charge >= 0.3 is 6.03 Å². The summed E-state index contributed by atoms with van der Waals surface area (Å²) in [4.78, 5) is 13.9. The first-order valence-corrected chi connectivity index (χ1v) is 6.42. The summed E-state index contributed by atoms with van der Waals surface area (Å²) >= 11 is 0. The minimum Gasteiger partial charge on any atom is -0.333 e. The summed E-state index contributed by atoms with van der Waals surface area (Å²) in [5.41, 5.74) is 5.89. The standard InChI is InChI=1S/C12H23N3O/c1-12(6-4-5-10(13)9-12)14-11(16)15-7-2-3-8-15/h10H,2-9,13H2,1H3,(H,14,16). The molecule has 0 bridgehead atoms. The second-order valence-electron chi connectivity index (χ2n) is 5.54. The van der Waals surface area contributed by atoms with E-state index in [0.29, 0.717) is 0 Å². The molecule has 1 heterocycles. The van der Waals surface area contributed by atoms with Gasteiger partial charge in [0.15, 0.2) is 0 Å². The van der Waals surface area contributed by atoms with Crippen molar-refractivity contribution in [3.63, 3.8) is 0 Å².